The number of rotatable bonds is 11. The molecule has 0 aliphatic carbocycles. The number of sulfonamides is 1. The fourth-order valence-electron chi connectivity index (χ4n) is 4.46. The Morgan fingerprint density at radius 1 is 1.10 bits per heavy atom. The number of carbonyl (C=O) groups excluding carboxylic acids is 1. The summed E-state index contributed by atoms with van der Waals surface area (Å²) in [4.78, 5) is 17.3. The third-order valence-corrected chi connectivity index (χ3v) is 8.01. The van der Waals surface area contributed by atoms with E-state index < -0.39 is 10.0 Å². The van der Waals surface area contributed by atoms with E-state index in [2.05, 4.69) is 38.4 Å². The van der Waals surface area contributed by atoms with Gasteiger partial charge >= 0.3 is 6.03 Å². The molecule has 1 aromatic heterocycles. The van der Waals surface area contributed by atoms with E-state index in [0.717, 1.165) is 62.3 Å². The van der Waals surface area contributed by atoms with Crippen LogP contribution in [0.1, 0.15) is 43.9 Å². The topological polar surface area (TPSA) is 104 Å². The van der Waals surface area contributed by atoms with Crippen molar-refractivity contribution in [1.82, 2.24) is 14.6 Å². The summed E-state index contributed by atoms with van der Waals surface area (Å²) in [7, 11) is -3.31. The molecule has 2 aromatic carbocycles. The number of nitrogens with zero attached hydrogens (tertiary/aromatic N) is 3. The predicted octanol–water partition coefficient (Wildman–Crippen LogP) is 5.60. The lowest BCUT2D eigenvalue weighted by Gasteiger charge is -2.33. The number of hydrogen-bond acceptors (Lipinski definition) is 7. The van der Waals surface area contributed by atoms with Crippen molar-refractivity contribution in [3.8, 4) is 11.5 Å². The van der Waals surface area contributed by atoms with Crippen molar-refractivity contribution in [2.45, 2.75) is 52.1 Å². The Bertz CT molecular complexity index is 1320. The zero-order chi connectivity index (χ0) is 27.8. The van der Waals surface area contributed by atoms with E-state index in [1.54, 1.807) is 24.3 Å². The number of piperidine rings is 1. The summed E-state index contributed by atoms with van der Waals surface area (Å²) in [5.41, 5.74) is 2.63. The number of likely N-dealkylation sites (tertiary alicyclic amines) is 1. The molecule has 9 nitrogen and oxygen atoms in total. The molecule has 0 atom stereocenters. The van der Waals surface area contributed by atoms with Crippen molar-refractivity contribution in [3.05, 3.63) is 65.9 Å². The minimum absolute atomic E-state index is 0.0255. The van der Waals surface area contributed by atoms with Crippen LogP contribution in [0, 0.1) is 6.92 Å². The maximum atomic E-state index is 13.1. The normalized spacial score (nSPS) is 14.6. The Morgan fingerprint density at radius 3 is 2.31 bits per heavy atom. The molecule has 0 unspecified atom stereocenters. The molecule has 1 aliphatic rings. The lowest BCUT2D eigenvalue weighted by atomic mass is 10.0. The van der Waals surface area contributed by atoms with Crippen molar-refractivity contribution in [2.75, 3.05) is 35.5 Å². The van der Waals surface area contributed by atoms with Crippen molar-refractivity contribution >= 4 is 38.3 Å². The molecule has 0 radical (unpaired) electrons. The van der Waals surface area contributed by atoms with Gasteiger partial charge in [-0.3, -0.25) is 14.5 Å². The van der Waals surface area contributed by atoms with Gasteiger partial charge in [-0.2, -0.15) is 4.37 Å². The molecule has 210 valence electrons. The highest BCUT2D eigenvalue weighted by atomic mass is 32.2. The molecule has 0 spiro atoms. The molecule has 2 N–H and O–H groups in total. The summed E-state index contributed by atoms with van der Waals surface area (Å²) in [6.45, 7) is 7.47. The van der Waals surface area contributed by atoms with Crippen LogP contribution in [0.2, 0.25) is 0 Å². The molecule has 1 saturated heterocycles. The Hall–Kier alpha value is -3.15. The van der Waals surface area contributed by atoms with E-state index in [1.165, 1.54) is 17.1 Å². The number of urea groups is 1. The molecule has 1 fully saturated rings. The first-order valence-corrected chi connectivity index (χ1v) is 15.9. The number of unbranched alkanes of at least 4 members (excludes halogenated alkanes) is 1. The number of benzene rings is 2. The first-order valence-electron chi connectivity index (χ1n) is 13.3. The van der Waals surface area contributed by atoms with Crippen LogP contribution < -0.4 is 19.7 Å². The highest BCUT2D eigenvalue weighted by Gasteiger charge is 2.24. The van der Waals surface area contributed by atoms with E-state index in [4.69, 9.17) is 4.74 Å². The second kappa shape index (κ2) is 13.3. The number of amides is 2. The number of carbonyl (C=O) groups is 1. The first-order chi connectivity index (χ1) is 18.7. The van der Waals surface area contributed by atoms with Crippen molar-refractivity contribution < 1.29 is 17.9 Å². The van der Waals surface area contributed by atoms with Crippen LogP contribution in [0.5, 0.6) is 11.5 Å². The maximum absolute atomic E-state index is 13.1. The van der Waals surface area contributed by atoms with Gasteiger partial charge in [0, 0.05) is 37.9 Å². The molecular formula is C28H37N5O4S2. The van der Waals surface area contributed by atoms with E-state index >= 15 is 0 Å². The molecule has 2 heterocycles. The van der Waals surface area contributed by atoms with Gasteiger partial charge in [0.1, 0.15) is 16.5 Å². The molecule has 39 heavy (non-hydrogen) atoms. The number of nitrogens with one attached hydrogen (secondary N) is 2. The lowest BCUT2D eigenvalue weighted by molar-refractivity contribution is 0.188. The SMILES string of the molecule is CCCCN(C(=O)NC1CCN(Cc2ccc(Oc3ccc(NS(C)(=O)=O)cc3)cc2)CC1)c1cc(C)ns1. The Labute approximate surface area is 235 Å². The smallest absolute Gasteiger partial charge is 0.322 e. The van der Waals surface area contributed by atoms with Gasteiger partial charge in [0.2, 0.25) is 10.0 Å². The Balaban J connectivity index is 1.23. The van der Waals surface area contributed by atoms with Gasteiger partial charge in [-0.25, -0.2) is 13.2 Å². The van der Waals surface area contributed by atoms with Crippen molar-refractivity contribution in [3.63, 3.8) is 0 Å². The van der Waals surface area contributed by atoms with Crippen LogP contribution in [-0.4, -0.2) is 55.7 Å². The average Bonchev–Trinajstić information content (AvgIpc) is 3.32. The van der Waals surface area contributed by atoms with Crippen molar-refractivity contribution in [1.29, 1.82) is 0 Å². The van der Waals surface area contributed by atoms with E-state index in [1.807, 2.05) is 30.0 Å². The maximum Gasteiger partial charge on any atom is 0.322 e. The number of hydrogen-bond donors (Lipinski definition) is 2. The Morgan fingerprint density at radius 2 is 1.74 bits per heavy atom. The van der Waals surface area contributed by atoms with Crippen LogP contribution in [0.4, 0.5) is 15.5 Å². The molecule has 0 bridgehead atoms. The number of aromatic nitrogens is 1. The van der Waals surface area contributed by atoms with Gasteiger partial charge in [-0.15, -0.1) is 0 Å². The van der Waals surface area contributed by atoms with Gasteiger partial charge in [0.05, 0.1) is 11.9 Å². The summed E-state index contributed by atoms with van der Waals surface area (Å²) in [6.07, 6.45) is 4.95. The monoisotopic (exact) mass is 571 g/mol. The molecule has 3 aromatic rings. The van der Waals surface area contributed by atoms with Gasteiger partial charge in [0.25, 0.3) is 0 Å². The predicted molar refractivity (Wildman–Crippen MR) is 157 cm³/mol. The van der Waals surface area contributed by atoms with Crippen LogP contribution in [0.25, 0.3) is 0 Å². The highest BCUT2D eigenvalue weighted by molar-refractivity contribution is 7.92. The summed E-state index contributed by atoms with van der Waals surface area (Å²) >= 11 is 1.38. The summed E-state index contributed by atoms with van der Waals surface area (Å²) < 4.78 is 35.4. The minimum atomic E-state index is -3.31. The first kappa shape index (κ1) is 28.8. The van der Waals surface area contributed by atoms with Crippen molar-refractivity contribution in [2.24, 2.45) is 0 Å². The summed E-state index contributed by atoms with van der Waals surface area (Å²) in [6, 6.07) is 16.9. The highest BCUT2D eigenvalue weighted by Crippen LogP contribution is 2.25. The third kappa shape index (κ3) is 8.94. The molecule has 2 amide bonds. The standard InChI is InChI=1S/C28H37N5O4S2/c1-4-5-16-33(27-19-21(2)30-38-27)28(34)29-23-14-17-32(18-15-23)20-22-6-10-25(11-7-22)37-26-12-8-24(9-13-26)31-39(3,35)36/h6-13,19,23,31H,4-5,14-18,20H2,1-3H3,(H,29,34). The van der Waals surface area contributed by atoms with Crippen LogP contribution in [0.15, 0.2) is 54.6 Å². The second-order valence-corrected chi connectivity index (χ2v) is 12.5. The van der Waals surface area contributed by atoms with Gasteiger partial charge in [0.15, 0.2) is 0 Å². The molecule has 4 rings (SSSR count). The third-order valence-electron chi connectivity index (χ3n) is 6.50. The molecule has 0 saturated carbocycles. The zero-order valence-corrected chi connectivity index (χ0v) is 24.4. The molecule has 1 aliphatic heterocycles. The van der Waals surface area contributed by atoms with Crippen LogP contribution >= 0.6 is 11.5 Å². The quantitative estimate of drug-likeness (QED) is 0.311. The summed E-state index contributed by atoms with van der Waals surface area (Å²) in [5.74, 6) is 1.34. The Kier molecular flexibility index (Phi) is 9.82. The lowest BCUT2D eigenvalue weighted by Crippen LogP contribution is -2.49. The van der Waals surface area contributed by atoms with E-state index in [9.17, 15) is 13.2 Å². The summed E-state index contributed by atoms with van der Waals surface area (Å²) in [5, 5.41) is 4.16. The molecular weight excluding hydrogens is 534 g/mol. The van der Waals surface area contributed by atoms with Crippen LogP contribution in [-0.2, 0) is 16.6 Å². The molecule has 11 heteroatoms. The zero-order valence-electron chi connectivity index (χ0n) is 22.7. The minimum Gasteiger partial charge on any atom is -0.457 e. The van der Waals surface area contributed by atoms with E-state index in [0.29, 0.717) is 23.7 Å². The van der Waals surface area contributed by atoms with Gasteiger partial charge in [-0.1, -0.05) is 25.5 Å². The van der Waals surface area contributed by atoms with Gasteiger partial charge < -0.3 is 10.1 Å². The fraction of sp³-hybridized carbons (Fsp3) is 0.429. The van der Waals surface area contributed by atoms with Gasteiger partial charge in [-0.05, 0) is 85.7 Å². The van der Waals surface area contributed by atoms with E-state index in [-0.39, 0.29) is 12.1 Å². The number of ether oxygens (including phenoxy) is 1. The van der Waals surface area contributed by atoms with Crippen LogP contribution in [0.3, 0.4) is 0 Å². The number of anilines is 2. The fourth-order valence-corrected chi connectivity index (χ4v) is 5.81. The largest absolute Gasteiger partial charge is 0.457 e. The number of aryl methyl sites for hydroxylation is 1. The second-order valence-electron chi connectivity index (χ2n) is 9.96. The average molecular weight is 572 g/mol.